The Bertz CT molecular complexity index is 857. The first-order valence-electron chi connectivity index (χ1n) is 8.88. The summed E-state index contributed by atoms with van der Waals surface area (Å²) in [6, 6.07) is 8.01. The highest BCUT2D eigenvalue weighted by Crippen LogP contribution is 2.47. The Kier molecular flexibility index (Phi) is 3.71. The van der Waals surface area contributed by atoms with Crippen molar-refractivity contribution < 1.29 is 9.59 Å². The maximum Gasteiger partial charge on any atom is 0.240 e. The van der Waals surface area contributed by atoms with Gasteiger partial charge in [-0.25, -0.2) is 0 Å². The van der Waals surface area contributed by atoms with Crippen molar-refractivity contribution in [2.75, 3.05) is 0 Å². The van der Waals surface area contributed by atoms with E-state index < -0.39 is 5.41 Å². The summed E-state index contributed by atoms with van der Waals surface area (Å²) < 4.78 is 1.99. The monoisotopic (exact) mass is 338 g/mol. The Morgan fingerprint density at radius 2 is 2.00 bits per heavy atom. The summed E-state index contributed by atoms with van der Waals surface area (Å²) in [5.41, 5.74) is 1.55. The molecule has 4 rings (SSSR count). The van der Waals surface area contributed by atoms with Crippen molar-refractivity contribution in [1.82, 2.24) is 19.7 Å². The Hall–Kier alpha value is -2.50. The van der Waals surface area contributed by atoms with Crippen molar-refractivity contribution >= 4 is 11.8 Å². The first-order valence-corrected chi connectivity index (χ1v) is 8.88. The lowest BCUT2D eigenvalue weighted by Gasteiger charge is -2.22. The van der Waals surface area contributed by atoms with Gasteiger partial charge < -0.3 is 4.57 Å². The number of amides is 2. The van der Waals surface area contributed by atoms with Crippen LogP contribution < -0.4 is 0 Å². The first-order chi connectivity index (χ1) is 12.1. The van der Waals surface area contributed by atoms with Gasteiger partial charge in [0.25, 0.3) is 0 Å². The lowest BCUT2D eigenvalue weighted by Crippen LogP contribution is -2.37. The van der Waals surface area contributed by atoms with Gasteiger partial charge in [-0.05, 0) is 37.3 Å². The number of rotatable bonds is 4. The van der Waals surface area contributed by atoms with Gasteiger partial charge in [-0.15, -0.1) is 10.2 Å². The van der Waals surface area contributed by atoms with Crippen molar-refractivity contribution in [3.63, 3.8) is 0 Å². The number of aromatic nitrogens is 3. The summed E-state index contributed by atoms with van der Waals surface area (Å²) in [7, 11) is 0. The van der Waals surface area contributed by atoms with Crippen LogP contribution in [0.2, 0.25) is 0 Å². The highest BCUT2D eigenvalue weighted by Gasteiger charge is 2.55. The number of carbonyl (C=O) groups excluding carboxylic acids is 2. The Labute approximate surface area is 146 Å². The maximum absolute atomic E-state index is 13.2. The van der Waals surface area contributed by atoms with Gasteiger partial charge in [0.15, 0.2) is 5.82 Å². The molecule has 0 unspecified atom stereocenters. The third-order valence-electron chi connectivity index (χ3n) is 5.52. The van der Waals surface area contributed by atoms with Gasteiger partial charge in [0, 0.05) is 13.0 Å². The fraction of sp³-hybridized carbons (Fsp3) is 0.474. The molecule has 2 heterocycles. The second-order valence-electron chi connectivity index (χ2n) is 7.02. The first kappa shape index (κ1) is 16.0. The van der Waals surface area contributed by atoms with Crippen molar-refractivity contribution in [3.8, 4) is 0 Å². The minimum atomic E-state index is -0.668. The summed E-state index contributed by atoms with van der Waals surface area (Å²) in [6.07, 6.45) is 2.79. The van der Waals surface area contributed by atoms with Gasteiger partial charge in [-0.3, -0.25) is 14.5 Å². The van der Waals surface area contributed by atoms with Crippen LogP contribution in [0.5, 0.6) is 0 Å². The van der Waals surface area contributed by atoms with Gasteiger partial charge in [-0.1, -0.05) is 31.2 Å². The number of imide groups is 1. The quantitative estimate of drug-likeness (QED) is 0.801. The van der Waals surface area contributed by atoms with Gasteiger partial charge >= 0.3 is 0 Å². The lowest BCUT2D eigenvalue weighted by molar-refractivity contribution is -0.140. The van der Waals surface area contributed by atoms with Crippen LogP contribution in [0.15, 0.2) is 24.3 Å². The molecule has 0 N–H and O–H groups in total. The van der Waals surface area contributed by atoms with E-state index >= 15 is 0 Å². The Morgan fingerprint density at radius 1 is 1.20 bits per heavy atom. The van der Waals surface area contributed by atoms with Crippen molar-refractivity contribution in [3.05, 3.63) is 47.0 Å². The van der Waals surface area contributed by atoms with Crippen LogP contribution in [-0.4, -0.2) is 31.5 Å². The molecular formula is C19H22N4O2. The fourth-order valence-electron chi connectivity index (χ4n) is 4.25. The van der Waals surface area contributed by atoms with Crippen LogP contribution >= 0.6 is 0 Å². The highest BCUT2D eigenvalue weighted by molar-refractivity contribution is 6.09. The van der Waals surface area contributed by atoms with Gasteiger partial charge in [0.05, 0.1) is 12.0 Å². The number of hydrogen-bond donors (Lipinski definition) is 0. The largest absolute Gasteiger partial charge is 0.314 e. The van der Waals surface area contributed by atoms with Crippen LogP contribution in [0.3, 0.4) is 0 Å². The smallest absolute Gasteiger partial charge is 0.240 e. The molecule has 0 bridgehead atoms. The van der Waals surface area contributed by atoms with Crippen molar-refractivity contribution in [1.29, 1.82) is 0 Å². The number of fused-ring (bicyclic) bond motifs is 2. The fourth-order valence-corrected chi connectivity index (χ4v) is 4.25. The molecule has 130 valence electrons. The molecular weight excluding hydrogens is 316 g/mol. The van der Waals surface area contributed by atoms with E-state index in [1.54, 1.807) is 0 Å². The normalized spacial score (nSPS) is 22.2. The molecule has 1 atom stereocenters. The summed E-state index contributed by atoms with van der Waals surface area (Å²) in [6.45, 7) is 4.98. The molecule has 1 aliphatic carbocycles. The van der Waals surface area contributed by atoms with E-state index in [9.17, 15) is 9.59 Å². The van der Waals surface area contributed by atoms with Crippen LogP contribution in [0.1, 0.15) is 49.0 Å². The number of hydrogen-bond acceptors (Lipinski definition) is 4. The van der Waals surface area contributed by atoms with E-state index in [2.05, 4.69) is 23.2 Å². The molecule has 0 radical (unpaired) electrons. The molecule has 25 heavy (non-hydrogen) atoms. The summed E-state index contributed by atoms with van der Waals surface area (Å²) in [5.74, 6) is 1.32. The third kappa shape index (κ3) is 2.31. The van der Waals surface area contributed by atoms with Crippen molar-refractivity contribution in [2.45, 2.75) is 58.0 Å². The molecule has 0 saturated carbocycles. The SMILES string of the molecule is CCCn1c(C)nnc1CN1C(=O)C[C@@]2(CCc3ccccc32)C1=O. The number of likely N-dealkylation sites (tertiary alicyclic amines) is 1. The average Bonchev–Trinajstić information content (AvgIpc) is 3.22. The molecule has 2 aromatic rings. The number of carbonyl (C=O) groups is 2. The van der Waals surface area contributed by atoms with Crippen molar-refractivity contribution in [2.24, 2.45) is 0 Å². The molecule has 6 heteroatoms. The topological polar surface area (TPSA) is 68.1 Å². The standard InChI is InChI=1S/C19H22N4O2/c1-3-10-22-13(2)20-21-16(22)12-23-17(24)11-19(18(23)25)9-8-14-6-4-5-7-15(14)19/h4-7H,3,8-12H2,1-2H3/t19-/m1/s1. The summed E-state index contributed by atoms with van der Waals surface area (Å²) in [4.78, 5) is 27.3. The second kappa shape index (κ2) is 5.79. The summed E-state index contributed by atoms with van der Waals surface area (Å²) in [5, 5.41) is 8.31. The Morgan fingerprint density at radius 3 is 2.80 bits per heavy atom. The lowest BCUT2D eigenvalue weighted by atomic mass is 9.80. The zero-order valence-electron chi connectivity index (χ0n) is 14.7. The molecule has 1 aromatic carbocycles. The third-order valence-corrected chi connectivity index (χ3v) is 5.52. The van der Waals surface area contributed by atoms with E-state index in [4.69, 9.17) is 0 Å². The minimum Gasteiger partial charge on any atom is -0.314 e. The summed E-state index contributed by atoms with van der Waals surface area (Å²) >= 11 is 0. The van der Waals surface area contributed by atoms with Crippen LogP contribution in [0, 0.1) is 6.92 Å². The van der Waals surface area contributed by atoms with Gasteiger partial charge in [0.1, 0.15) is 5.82 Å². The molecule has 2 aliphatic rings. The van der Waals surface area contributed by atoms with Crippen LogP contribution in [0.4, 0.5) is 0 Å². The van der Waals surface area contributed by atoms with E-state index in [-0.39, 0.29) is 24.8 Å². The number of aryl methyl sites for hydroxylation is 2. The molecule has 1 saturated heterocycles. The second-order valence-corrected chi connectivity index (χ2v) is 7.02. The number of nitrogens with zero attached hydrogens (tertiary/aromatic N) is 4. The van der Waals surface area contributed by atoms with E-state index in [0.717, 1.165) is 30.8 Å². The predicted molar refractivity (Wildman–Crippen MR) is 91.7 cm³/mol. The molecule has 1 aliphatic heterocycles. The average molecular weight is 338 g/mol. The molecule has 2 amide bonds. The zero-order chi connectivity index (χ0) is 17.6. The molecule has 1 aromatic heterocycles. The predicted octanol–water partition coefficient (Wildman–Crippen LogP) is 2.14. The number of benzene rings is 1. The Balaban J connectivity index is 1.66. The highest BCUT2D eigenvalue weighted by atomic mass is 16.2. The molecule has 1 spiro atoms. The van der Waals surface area contributed by atoms with Crippen LogP contribution in [-0.2, 0) is 34.5 Å². The van der Waals surface area contributed by atoms with E-state index in [0.29, 0.717) is 12.2 Å². The van der Waals surface area contributed by atoms with Gasteiger partial charge in [0.2, 0.25) is 11.8 Å². The minimum absolute atomic E-state index is 0.0776. The molecule has 6 nitrogen and oxygen atoms in total. The molecule has 1 fully saturated rings. The van der Waals surface area contributed by atoms with E-state index in [1.807, 2.05) is 29.7 Å². The van der Waals surface area contributed by atoms with Crippen LogP contribution in [0.25, 0.3) is 0 Å². The van der Waals surface area contributed by atoms with Gasteiger partial charge in [-0.2, -0.15) is 0 Å². The maximum atomic E-state index is 13.2. The van der Waals surface area contributed by atoms with E-state index in [1.165, 1.54) is 10.5 Å². The zero-order valence-corrected chi connectivity index (χ0v) is 14.7.